The number of aliphatic hydroxyl groups excluding tert-OH is 1. The third kappa shape index (κ3) is 2.08. The van der Waals surface area contributed by atoms with Crippen LogP contribution in [0.5, 0.6) is 0 Å². The van der Waals surface area contributed by atoms with Gasteiger partial charge in [-0.3, -0.25) is 9.69 Å². The van der Waals surface area contributed by atoms with Crippen LogP contribution in [0.25, 0.3) is 0 Å². The van der Waals surface area contributed by atoms with E-state index in [-0.39, 0.29) is 5.91 Å². The van der Waals surface area contributed by atoms with Gasteiger partial charge in [0.2, 0.25) is 0 Å². The van der Waals surface area contributed by atoms with Gasteiger partial charge in [-0.05, 0) is 31.8 Å². The van der Waals surface area contributed by atoms with E-state index >= 15 is 0 Å². The number of aliphatic hydroxyl groups is 1. The summed E-state index contributed by atoms with van der Waals surface area (Å²) >= 11 is 5.81. The van der Waals surface area contributed by atoms with Crippen molar-refractivity contribution in [2.45, 2.75) is 37.2 Å². The molecule has 2 atom stereocenters. The van der Waals surface area contributed by atoms with E-state index in [0.29, 0.717) is 0 Å². The Labute approximate surface area is 94.0 Å². The Morgan fingerprint density at radius 3 is 2.93 bits per heavy atom. The van der Waals surface area contributed by atoms with Crippen molar-refractivity contribution in [1.29, 1.82) is 0 Å². The van der Waals surface area contributed by atoms with Crippen LogP contribution in [-0.4, -0.2) is 27.4 Å². The number of nitrogens with zero attached hydrogens (tertiary/aromatic N) is 1. The second kappa shape index (κ2) is 4.37. The van der Waals surface area contributed by atoms with Gasteiger partial charge >= 0.3 is 0 Å². The first kappa shape index (κ1) is 10.7. The molecule has 4 heteroatoms. The zero-order chi connectivity index (χ0) is 10.8. The molecule has 15 heavy (non-hydrogen) atoms. The van der Waals surface area contributed by atoms with E-state index < -0.39 is 11.5 Å². The quantitative estimate of drug-likeness (QED) is 0.694. The minimum atomic E-state index is -0.861. The van der Waals surface area contributed by atoms with Crippen molar-refractivity contribution in [2.75, 3.05) is 0 Å². The van der Waals surface area contributed by atoms with Crippen molar-refractivity contribution in [3.8, 4) is 0 Å². The first-order valence-electron chi connectivity index (χ1n) is 5.23. The van der Waals surface area contributed by atoms with Gasteiger partial charge in [-0.2, -0.15) is 0 Å². The van der Waals surface area contributed by atoms with Crippen LogP contribution in [0.1, 0.15) is 25.7 Å². The molecular weight excluding hydrogens is 214 g/mol. The van der Waals surface area contributed by atoms with Crippen LogP contribution in [0.4, 0.5) is 0 Å². The summed E-state index contributed by atoms with van der Waals surface area (Å²) in [5.41, 5.74) is 1.01. The monoisotopic (exact) mass is 227 g/mol. The molecule has 0 spiro atoms. The van der Waals surface area contributed by atoms with Crippen LogP contribution in [0.3, 0.4) is 0 Å². The number of alkyl halides is 1. The molecule has 0 saturated carbocycles. The van der Waals surface area contributed by atoms with Gasteiger partial charge in [0.1, 0.15) is 5.38 Å². The molecule has 0 radical (unpaired) electrons. The Kier molecular flexibility index (Phi) is 3.12. The van der Waals surface area contributed by atoms with Gasteiger partial charge in [-0.25, -0.2) is 0 Å². The zero-order valence-corrected chi connectivity index (χ0v) is 9.15. The van der Waals surface area contributed by atoms with Crippen LogP contribution in [0, 0.1) is 0 Å². The predicted octanol–water partition coefficient (Wildman–Crippen LogP) is 1.77. The van der Waals surface area contributed by atoms with Gasteiger partial charge in [0.15, 0.2) is 0 Å². The minimum Gasteiger partial charge on any atom is -0.387 e. The summed E-state index contributed by atoms with van der Waals surface area (Å²) in [6.45, 7) is 0. The summed E-state index contributed by atoms with van der Waals surface area (Å²) < 4.78 is 0. The lowest BCUT2D eigenvalue weighted by Gasteiger charge is -2.30. The highest BCUT2D eigenvalue weighted by atomic mass is 35.5. The average Bonchev–Trinajstić information content (AvgIpc) is 2.27. The molecule has 2 aliphatic rings. The SMILES string of the molecule is O=C1C(Cl)C(O)C=CN1C1=CCCCC1. The third-order valence-corrected chi connectivity index (χ3v) is 3.23. The Morgan fingerprint density at radius 2 is 2.27 bits per heavy atom. The smallest absolute Gasteiger partial charge is 0.251 e. The molecule has 2 unspecified atom stereocenters. The van der Waals surface area contributed by atoms with Crippen LogP contribution < -0.4 is 0 Å². The van der Waals surface area contributed by atoms with Gasteiger partial charge in [0, 0.05) is 11.9 Å². The van der Waals surface area contributed by atoms with E-state index in [1.54, 1.807) is 17.2 Å². The molecule has 1 N–H and O–H groups in total. The first-order valence-corrected chi connectivity index (χ1v) is 5.66. The van der Waals surface area contributed by atoms with Crippen LogP contribution in [0.2, 0.25) is 0 Å². The van der Waals surface area contributed by atoms with Gasteiger partial charge in [0.25, 0.3) is 5.91 Å². The van der Waals surface area contributed by atoms with Crippen molar-refractivity contribution in [3.63, 3.8) is 0 Å². The predicted molar refractivity (Wildman–Crippen MR) is 58.2 cm³/mol. The fraction of sp³-hybridized carbons (Fsp3) is 0.545. The Balaban J connectivity index is 2.19. The van der Waals surface area contributed by atoms with Crippen molar-refractivity contribution < 1.29 is 9.90 Å². The molecule has 0 aromatic carbocycles. The van der Waals surface area contributed by atoms with E-state index in [1.165, 1.54) is 6.42 Å². The Morgan fingerprint density at radius 1 is 1.47 bits per heavy atom. The first-order chi connectivity index (χ1) is 7.20. The number of allylic oxidation sites excluding steroid dienone is 2. The minimum absolute atomic E-state index is 0.222. The molecule has 1 amide bonds. The zero-order valence-electron chi connectivity index (χ0n) is 8.40. The van der Waals surface area contributed by atoms with E-state index in [1.807, 2.05) is 0 Å². The molecule has 1 heterocycles. The molecule has 0 aromatic heterocycles. The standard InChI is InChI=1S/C11H14ClNO2/c12-10-9(14)6-7-13(11(10)15)8-4-2-1-3-5-8/h4,6-7,9-10,14H,1-3,5H2. The number of carbonyl (C=O) groups is 1. The van der Waals surface area contributed by atoms with Gasteiger partial charge in [-0.1, -0.05) is 6.08 Å². The highest BCUT2D eigenvalue weighted by Crippen LogP contribution is 2.26. The normalized spacial score (nSPS) is 31.7. The highest BCUT2D eigenvalue weighted by molar-refractivity contribution is 6.31. The lowest BCUT2D eigenvalue weighted by molar-refractivity contribution is -0.129. The highest BCUT2D eigenvalue weighted by Gasteiger charge is 2.32. The molecule has 82 valence electrons. The molecule has 1 aliphatic carbocycles. The summed E-state index contributed by atoms with van der Waals surface area (Å²) in [5, 5.41) is 8.53. The third-order valence-electron chi connectivity index (χ3n) is 2.78. The summed E-state index contributed by atoms with van der Waals surface area (Å²) in [6, 6.07) is 0. The van der Waals surface area contributed by atoms with E-state index in [4.69, 9.17) is 11.6 Å². The number of amides is 1. The second-order valence-electron chi connectivity index (χ2n) is 3.88. The largest absolute Gasteiger partial charge is 0.387 e. The molecular formula is C11H14ClNO2. The number of hydrogen-bond donors (Lipinski definition) is 1. The maximum atomic E-state index is 11.8. The van der Waals surface area contributed by atoms with Crippen molar-refractivity contribution in [3.05, 3.63) is 24.0 Å². The summed E-state index contributed by atoms with van der Waals surface area (Å²) in [4.78, 5) is 13.3. The average molecular weight is 228 g/mol. The van der Waals surface area contributed by atoms with Crippen LogP contribution in [-0.2, 0) is 4.79 Å². The molecule has 2 rings (SSSR count). The van der Waals surface area contributed by atoms with E-state index in [0.717, 1.165) is 25.0 Å². The Hall–Kier alpha value is -0.800. The molecule has 0 aromatic rings. The van der Waals surface area contributed by atoms with Crippen LogP contribution in [0.15, 0.2) is 24.0 Å². The maximum Gasteiger partial charge on any atom is 0.251 e. The van der Waals surface area contributed by atoms with Crippen LogP contribution >= 0.6 is 11.6 Å². The number of halogens is 1. The van der Waals surface area contributed by atoms with Gasteiger partial charge in [-0.15, -0.1) is 11.6 Å². The fourth-order valence-corrected chi connectivity index (χ4v) is 2.09. The number of rotatable bonds is 1. The fourth-order valence-electron chi connectivity index (χ4n) is 1.90. The summed E-state index contributed by atoms with van der Waals surface area (Å²) in [7, 11) is 0. The summed E-state index contributed by atoms with van der Waals surface area (Å²) in [5.74, 6) is -0.222. The summed E-state index contributed by atoms with van der Waals surface area (Å²) in [6.07, 6.45) is 8.63. The van der Waals surface area contributed by atoms with Crippen molar-refractivity contribution in [2.24, 2.45) is 0 Å². The molecule has 3 nitrogen and oxygen atoms in total. The number of hydrogen-bond acceptors (Lipinski definition) is 2. The molecule has 0 fully saturated rings. The topological polar surface area (TPSA) is 40.5 Å². The van der Waals surface area contributed by atoms with E-state index in [9.17, 15) is 9.90 Å². The molecule has 1 aliphatic heterocycles. The lowest BCUT2D eigenvalue weighted by Crippen LogP contribution is -2.42. The van der Waals surface area contributed by atoms with Gasteiger partial charge in [0.05, 0.1) is 6.10 Å². The Bertz CT molecular complexity index is 325. The number of carbonyl (C=O) groups excluding carboxylic acids is 1. The molecule has 0 bridgehead atoms. The van der Waals surface area contributed by atoms with E-state index in [2.05, 4.69) is 6.08 Å². The van der Waals surface area contributed by atoms with Crippen molar-refractivity contribution >= 4 is 17.5 Å². The second-order valence-corrected chi connectivity index (χ2v) is 4.35. The van der Waals surface area contributed by atoms with Crippen molar-refractivity contribution in [1.82, 2.24) is 4.90 Å². The molecule has 0 saturated heterocycles. The van der Waals surface area contributed by atoms with Gasteiger partial charge < -0.3 is 5.11 Å². The maximum absolute atomic E-state index is 11.8. The lowest BCUT2D eigenvalue weighted by atomic mass is 10.0.